The maximum absolute atomic E-state index is 11.3. The zero-order chi connectivity index (χ0) is 7.71. The quantitative estimate of drug-likeness (QED) is 0.489. The Morgan fingerprint density at radius 2 is 1.78 bits per heavy atom. The normalized spacial score (nSPS) is 13.9. The number of alkyl halides is 2. The smallest absolute Gasteiger partial charge is 0.336 e. The minimum absolute atomic E-state index is 1.82. The van der Waals surface area contributed by atoms with Crippen LogP contribution in [0.2, 0.25) is 0 Å². The van der Waals surface area contributed by atoms with E-state index in [0.29, 0.717) is 0 Å². The van der Waals surface area contributed by atoms with E-state index in [1.807, 2.05) is 0 Å². The van der Waals surface area contributed by atoms with Crippen molar-refractivity contribution in [1.82, 2.24) is 0 Å². The molecular formula is C2H5F2O4P. The number of halogens is 2. The van der Waals surface area contributed by atoms with Gasteiger partial charge in [-0.3, -0.25) is 4.57 Å². The highest BCUT2D eigenvalue weighted by molar-refractivity contribution is 7.51. The summed E-state index contributed by atoms with van der Waals surface area (Å²) in [6.07, 6.45) is -6.10. The Morgan fingerprint density at radius 1 is 1.44 bits per heavy atom. The molecule has 0 amide bonds. The van der Waals surface area contributed by atoms with Gasteiger partial charge in [0.2, 0.25) is 0 Å². The Labute approximate surface area is 49.3 Å². The largest absolute Gasteiger partial charge is 0.364 e. The molecule has 0 saturated carbocycles. The summed E-state index contributed by atoms with van der Waals surface area (Å²) in [5.74, 6) is 0. The van der Waals surface area contributed by atoms with Gasteiger partial charge in [0.1, 0.15) is 6.16 Å². The van der Waals surface area contributed by atoms with Crippen molar-refractivity contribution in [2.45, 2.75) is 6.11 Å². The van der Waals surface area contributed by atoms with Gasteiger partial charge >= 0.3 is 13.7 Å². The van der Waals surface area contributed by atoms with Gasteiger partial charge in [0, 0.05) is 0 Å². The topological polar surface area (TPSA) is 77.8 Å². The van der Waals surface area contributed by atoms with Crippen LogP contribution in [-0.4, -0.2) is 27.2 Å². The van der Waals surface area contributed by atoms with E-state index >= 15 is 0 Å². The second-order valence-electron chi connectivity index (χ2n) is 1.49. The second kappa shape index (κ2) is 2.30. The molecule has 0 aliphatic carbocycles. The first-order valence-electron chi connectivity index (χ1n) is 1.85. The van der Waals surface area contributed by atoms with Gasteiger partial charge in [0.05, 0.1) is 0 Å². The summed E-state index contributed by atoms with van der Waals surface area (Å²) in [5.41, 5.74) is 0. The van der Waals surface area contributed by atoms with Crippen molar-refractivity contribution in [2.24, 2.45) is 0 Å². The molecule has 0 aliphatic rings. The highest BCUT2D eigenvalue weighted by Crippen LogP contribution is 2.39. The second-order valence-corrected chi connectivity index (χ2v) is 3.13. The molecule has 0 aromatic heterocycles. The third kappa shape index (κ3) is 7.97. The standard InChI is InChI=1S/C2H5F2O4P/c3-2(4,5)1-9(6,7)8/h5H,1H2,(H2,6,7,8). The fraction of sp³-hybridized carbons (Fsp3) is 1.00. The van der Waals surface area contributed by atoms with Crippen molar-refractivity contribution in [3.63, 3.8) is 0 Å². The Bertz CT molecular complexity index is 134. The van der Waals surface area contributed by atoms with Crippen LogP contribution in [0.5, 0.6) is 0 Å². The third-order valence-electron chi connectivity index (χ3n) is 0.396. The molecule has 0 heterocycles. The SMILES string of the molecule is O=P(O)(O)CC(O)(F)F. The highest BCUT2D eigenvalue weighted by Gasteiger charge is 2.34. The van der Waals surface area contributed by atoms with Gasteiger partial charge < -0.3 is 14.9 Å². The molecule has 7 heteroatoms. The van der Waals surface area contributed by atoms with Crippen molar-refractivity contribution in [3.05, 3.63) is 0 Å². The summed E-state index contributed by atoms with van der Waals surface area (Å²) in [7, 11) is -4.79. The molecule has 0 atom stereocenters. The summed E-state index contributed by atoms with van der Waals surface area (Å²) in [6.45, 7) is 0. The van der Waals surface area contributed by atoms with Crippen LogP contribution in [0.15, 0.2) is 0 Å². The zero-order valence-electron chi connectivity index (χ0n) is 4.16. The Balaban J connectivity index is 3.90. The molecule has 0 aromatic rings. The molecule has 0 spiro atoms. The van der Waals surface area contributed by atoms with E-state index in [0.717, 1.165) is 0 Å². The van der Waals surface area contributed by atoms with Gasteiger partial charge in [-0.05, 0) is 0 Å². The molecule has 9 heavy (non-hydrogen) atoms. The molecule has 0 rings (SSSR count). The van der Waals surface area contributed by atoms with Gasteiger partial charge in [0.15, 0.2) is 0 Å². The maximum atomic E-state index is 11.3. The first-order valence-corrected chi connectivity index (χ1v) is 3.65. The Morgan fingerprint density at radius 3 is 1.78 bits per heavy atom. The molecule has 0 aliphatic heterocycles. The van der Waals surface area contributed by atoms with E-state index in [2.05, 4.69) is 0 Å². The molecule has 0 unspecified atom stereocenters. The van der Waals surface area contributed by atoms with Crippen LogP contribution >= 0.6 is 7.60 Å². The molecule has 4 nitrogen and oxygen atoms in total. The van der Waals surface area contributed by atoms with E-state index in [4.69, 9.17) is 14.9 Å². The zero-order valence-corrected chi connectivity index (χ0v) is 5.05. The average molecular weight is 162 g/mol. The fourth-order valence-electron chi connectivity index (χ4n) is 0.248. The molecule has 3 N–H and O–H groups in total. The van der Waals surface area contributed by atoms with Gasteiger partial charge in [-0.2, -0.15) is 8.78 Å². The summed E-state index contributed by atoms with van der Waals surface area (Å²) in [5, 5.41) is 7.53. The monoisotopic (exact) mass is 162 g/mol. The Kier molecular flexibility index (Phi) is 2.29. The van der Waals surface area contributed by atoms with Crippen molar-refractivity contribution in [2.75, 3.05) is 6.16 Å². The summed E-state index contributed by atoms with van der Waals surface area (Å²) < 4.78 is 32.3. The summed E-state index contributed by atoms with van der Waals surface area (Å²) in [6, 6.07) is 0. The van der Waals surface area contributed by atoms with Gasteiger partial charge in [-0.15, -0.1) is 0 Å². The van der Waals surface area contributed by atoms with Crippen LogP contribution < -0.4 is 0 Å². The van der Waals surface area contributed by atoms with Crippen molar-refractivity contribution < 1.29 is 28.2 Å². The molecule has 0 radical (unpaired) electrons. The highest BCUT2D eigenvalue weighted by atomic mass is 31.2. The predicted octanol–water partition coefficient (Wildman–Crippen LogP) is -0.251. The summed E-state index contributed by atoms with van der Waals surface area (Å²) >= 11 is 0. The minimum atomic E-state index is -4.79. The number of hydrogen-bond donors (Lipinski definition) is 3. The first-order chi connectivity index (χ1) is 3.71. The molecule has 0 aromatic carbocycles. The number of aliphatic hydroxyl groups is 1. The van der Waals surface area contributed by atoms with Crippen LogP contribution in [0.4, 0.5) is 8.78 Å². The maximum Gasteiger partial charge on any atom is 0.364 e. The van der Waals surface area contributed by atoms with Crippen LogP contribution in [0.25, 0.3) is 0 Å². The number of rotatable bonds is 2. The van der Waals surface area contributed by atoms with Crippen molar-refractivity contribution in [3.8, 4) is 0 Å². The van der Waals surface area contributed by atoms with E-state index in [1.54, 1.807) is 0 Å². The minimum Gasteiger partial charge on any atom is -0.336 e. The number of hydrogen-bond acceptors (Lipinski definition) is 2. The van der Waals surface area contributed by atoms with E-state index in [-0.39, 0.29) is 0 Å². The van der Waals surface area contributed by atoms with Crippen LogP contribution in [0.1, 0.15) is 0 Å². The van der Waals surface area contributed by atoms with Crippen molar-refractivity contribution in [1.29, 1.82) is 0 Å². The molecule has 0 fully saturated rings. The van der Waals surface area contributed by atoms with E-state index < -0.39 is 19.9 Å². The lowest BCUT2D eigenvalue weighted by atomic mass is 10.8. The molecule has 0 bridgehead atoms. The summed E-state index contributed by atoms with van der Waals surface area (Å²) in [4.78, 5) is 15.6. The molecule has 56 valence electrons. The van der Waals surface area contributed by atoms with Crippen LogP contribution in [0, 0.1) is 0 Å². The van der Waals surface area contributed by atoms with E-state index in [1.165, 1.54) is 0 Å². The first kappa shape index (κ1) is 8.97. The fourth-order valence-corrected chi connectivity index (χ4v) is 0.743. The van der Waals surface area contributed by atoms with Crippen LogP contribution in [-0.2, 0) is 4.57 Å². The lowest BCUT2D eigenvalue weighted by molar-refractivity contribution is -0.180. The lowest BCUT2D eigenvalue weighted by Crippen LogP contribution is -2.19. The Hall–Kier alpha value is -0.0300. The van der Waals surface area contributed by atoms with Gasteiger partial charge in [0.25, 0.3) is 0 Å². The van der Waals surface area contributed by atoms with E-state index in [9.17, 15) is 13.3 Å². The average Bonchev–Trinajstić information content (AvgIpc) is 1.14. The van der Waals surface area contributed by atoms with Gasteiger partial charge in [-0.25, -0.2) is 0 Å². The predicted molar refractivity (Wildman–Crippen MR) is 24.1 cm³/mol. The van der Waals surface area contributed by atoms with Gasteiger partial charge in [-0.1, -0.05) is 0 Å². The third-order valence-corrected chi connectivity index (χ3v) is 1.19. The lowest BCUT2D eigenvalue weighted by Gasteiger charge is -2.08. The molecule has 0 saturated heterocycles. The molecular weight excluding hydrogens is 157 g/mol. The van der Waals surface area contributed by atoms with Crippen molar-refractivity contribution >= 4 is 7.60 Å². The van der Waals surface area contributed by atoms with Crippen LogP contribution in [0.3, 0.4) is 0 Å².